The van der Waals surface area contributed by atoms with E-state index in [2.05, 4.69) is 20.5 Å². The monoisotopic (exact) mass is 423 g/mol. The lowest BCUT2D eigenvalue weighted by atomic mass is 10.3. The van der Waals surface area contributed by atoms with Gasteiger partial charge in [0.15, 0.2) is 5.82 Å². The van der Waals surface area contributed by atoms with Gasteiger partial charge in [-0.1, -0.05) is 0 Å². The second-order valence-corrected chi connectivity index (χ2v) is 7.90. The molecule has 3 aromatic rings. The molecule has 31 heavy (non-hydrogen) atoms. The van der Waals surface area contributed by atoms with Crippen LogP contribution in [0.3, 0.4) is 0 Å². The normalized spacial score (nSPS) is 14.4. The largest absolute Gasteiger partial charge is 0.352 e. The fourth-order valence-electron chi connectivity index (χ4n) is 3.44. The van der Waals surface area contributed by atoms with Crippen LogP contribution >= 0.6 is 0 Å². The Kier molecular flexibility index (Phi) is 5.53. The van der Waals surface area contributed by atoms with E-state index in [9.17, 15) is 14.4 Å². The molecule has 0 aromatic carbocycles. The molecule has 0 saturated heterocycles. The number of carbonyl (C=O) groups is 1. The minimum absolute atomic E-state index is 0.130. The van der Waals surface area contributed by atoms with Crippen LogP contribution in [0.2, 0.25) is 0 Å². The number of amides is 1. The van der Waals surface area contributed by atoms with Crippen molar-refractivity contribution in [3.05, 3.63) is 68.4 Å². The van der Waals surface area contributed by atoms with E-state index in [1.54, 1.807) is 23.7 Å². The average molecular weight is 423 g/mol. The third-order valence-corrected chi connectivity index (χ3v) is 5.33. The summed E-state index contributed by atoms with van der Waals surface area (Å²) in [6, 6.07) is 5.59. The van der Waals surface area contributed by atoms with Crippen LogP contribution in [-0.2, 0) is 11.3 Å². The van der Waals surface area contributed by atoms with Crippen molar-refractivity contribution in [1.29, 1.82) is 0 Å². The molecule has 0 unspecified atom stereocenters. The zero-order chi connectivity index (χ0) is 22.1. The average Bonchev–Trinajstić information content (AvgIpc) is 3.53. The van der Waals surface area contributed by atoms with Crippen LogP contribution in [0.4, 0.5) is 0 Å². The van der Waals surface area contributed by atoms with Crippen LogP contribution in [0.5, 0.6) is 0 Å². The highest BCUT2D eigenvalue weighted by Gasteiger charge is 2.25. The van der Waals surface area contributed by atoms with Crippen LogP contribution in [0.25, 0.3) is 5.82 Å². The first kappa shape index (κ1) is 20.7. The summed E-state index contributed by atoms with van der Waals surface area (Å²) in [4.78, 5) is 41.4. The van der Waals surface area contributed by atoms with Crippen LogP contribution in [0, 0.1) is 13.8 Å². The minimum atomic E-state index is -0.823. The maximum absolute atomic E-state index is 12.6. The van der Waals surface area contributed by atoms with Gasteiger partial charge in [0.25, 0.3) is 11.1 Å². The number of nitrogens with zero attached hydrogens (tertiary/aromatic N) is 6. The van der Waals surface area contributed by atoms with Crippen molar-refractivity contribution in [2.75, 3.05) is 6.54 Å². The molecule has 162 valence electrons. The third-order valence-electron chi connectivity index (χ3n) is 5.33. The smallest absolute Gasteiger partial charge is 0.267 e. The summed E-state index contributed by atoms with van der Waals surface area (Å²) in [6.45, 7) is 5.90. The highest BCUT2D eigenvalue weighted by molar-refractivity contribution is 5.79. The molecule has 1 saturated carbocycles. The number of aryl methyl sites for hydroxylation is 2. The predicted molar refractivity (Wildman–Crippen MR) is 113 cm³/mol. The molecule has 0 bridgehead atoms. The molecule has 1 fully saturated rings. The van der Waals surface area contributed by atoms with Crippen molar-refractivity contribution in [2.24, 2.45) is 0 Å². The van der Waals surface area contributed by atoms with E-state index < -0.39 is 6.04 Å². The lowest BCUT2D eigenvalue weighted by molar-refractivity contribution is -0.124. The molecule has 10 heteroatoms. The van der Waals surface area contributed by atoms with Crippen molar-refractivity contribution >= 4 is 5.91 Å². The highest BCUT2D eigenvalue weighted by Crippen LogP contribution is 2.38. The van der Waals surface area contributed by atoms with Gasteiger partial charge in [-0.3, -0.25) is 19.0 Å². The van der Waals surface area contributed by atoms with Crippen LogP contribution in [0.1, 0.15) is 48.8 Å². The highest BCUT2D eigenvalue weighted by atomic mass is 16.2. The molecule has 1 aliphatic rings. The zero-order valence-electron chi connectivity index (χ0n) is 17.8. The van der Waals surface area contributed by atoms with E-state index in [-0.39, 0.29) is 23.6 Å². The molecular weight excluding hydrogens is 398 g/mol. The SMILES string of the molecule is Cc1cc(C)n(-c2ccc(=O)n([C@@H](C)C(=O)NCCn3cnc(C4CC4)cc3=O)n2)n1. The van der Waals surface area contributed by atoms with Gasteiger partial charge < -0.3 is 5.32 Å². The Morgan fingerprint density at radius 2 is 1.94 bits per heavy atom. The number of aromatic nitrogens is 6. The van der Waals surface area contributed by atoms with E-state index in [1.807, 2.05) is 19.9 Å². The second kappa shape index (κ2) is 8.29. The molecule has 4 rings (SSSR count). The first-order chi connectivity index (χ1) is 14.8. The van der Waals surface area contributed by atoms with Gasteiger partial charge >= 0.3 is 0 Å². The first-order valence-corrected chi connectivity index (χ1v) is 10.3. The molecule has 1 amide bonds. The van der Waals surface area contributed by atoms with Crippen LogP contribution in [-0.4, -0.2) is 41.6 Å². The number of hydrogen-bond acceptors (Lipinski definition) is 6. The molecule has 1 aliphatic carbocycles. The Bertz CT molecular complexity index is 1240. The topological polar surface area (TPSA) is 117 Å². The van der Waals surface area contributed by atoms with Crippen molar-refractivity contribution in [3.63, 3.8) is 0 Å². The van der Waals surface area contributed by atoms with Crippen molar-refractivity contribution in [2.45, 2.75) is 52.1 Å². The van der Waals surface area contributed by atoms with E-state index >= 15 is 0 Å². The maximum atomic E-state index is 12.6. The van der Waals surface area contributed by atoms with Crippen molar-refractivity contribution in [1.82, 2.24) is 34.4 Å². The number of carbonyl (C=O) groups excluding carboxylic acids is 1. The molecule has 1 atom stereocenters. The van der Waals surface area contributed by atoms with Crippen LogP contribution < -0.4 is 16.4 Å². The molecule has 10 nitrogen and oxygen atoms in total. The summed E-state index contributed by atoms with van der Waals surface area (Å²) in [5, 5.41) is 11.5. The van der Waals surface area contributed by atoms with Gasteiger partial charge in [0.05, 0.1) is 17.7 Å². The lowest BCUT2D eigenvalue weighted by Gasteiger charge is -2.15. The number of hydrogen-bond donors (Lipinski definition) is 1. The predicted octanol–water partition coefficient (Wildman–Crippen LogP) is 0.857. The van der Waals surface area contributed by atoms with E-state index in [0.717, 1.165) is 34.6 Å². The van der Waals surface area contributed by atoms with E-state index in [0.29, 0.717) is 18.3 Å². The van der Waals surface area contributed by atoms with Gasteiger partial charge in [0.2, 0.25) is 5.91 Å². The first-order valence-electron chi connectivity index (χ1n) is 10.3. The van der Waals surface area contributed by atoms with Crippen LogP contribution in [0.15, 0.2) is 40.2 Å². The van der Waals surface area contributed by atoms with Gasteiger partial charge in [0, 0.05) is 36.8 Å². The van der Waals surface area contributed by atoms with Gasteiger partial charge in [-0.05, 0) is 45.7 Å². The molecule has 3 heterocycles. The van der Waals surface area contributed by atoms with Gasteiger partial charge in [0.1, 0.15) is 6.04 Å². The van der Waals surface area contributed by atoms with Gasteiger partial charge in [-0.15, -0.1) is 5.10 Å². The number of nitrogens with one attached hydrogen (secondary N) is 1. The second-order valence-electron chi connectivity index (χ2n) is 7.90. The molecule has 3 aromatic heterocycles. The fourth-order valence-corrected chi connectivity index (χ4v) is 3.44. The summed E-state index contributed by atoms with van der Waals surface area (Å²) in [5.41, 5.74) is 2.03. The zero-order valence-corrected chi connectivity index (χ0v) is 17.8. The van der Waals surface area contributed by atoms with E-state index in [4.69, 9.17) is 0 Å². The quantitative estimate of drug-likeness (QED) is 0.602. The minimum Gasteiger partial charge on any atom is -0.352 e. The molecule has 0 aliphatic heterocycles. The molecular formula is C21H25N7O3. The summed E-state index contributed by atoms with van der Waals surface area (Å²) < 4.78 is 4.23. The Morgan fingerprint density at radius 3 is 2.58 bits per heavy atom. The third kappa shape index (κ3) is 4.47. The summed E-state index contributed by atoms with van der Waals surface area (Å²) in [5.74, 6) is 0.507. The molecule has 0 radical (unpaired) electrons. The Hall–Kier alpha value is -3.56. The Balaban J connectivity index is 1.42. The summed E-state index contributed by atoms with van der Waals surface area (Å²) >= 11 is 0. The van der Waals surface area contributed by atoms with Gasteiger partial charge in [-0.25, -0.2) is 14.3 Å². The molecule has 1 N–H and O–H groups in total. The molecule has 0 spiro atoms. The Morgan fingerprint density at radius 1 is 1.16 bits per heavy atom. The van der Waals surface area contributed by atoms with Crippen molar-refractivity contribution < 1.29 is 4.79 Å². The van der Waals surface area contributed by atoms with E-state index in [1.165, 1.54) is 17.0 Å². The standard InChI is InChI=1S/C21H25N7O3/c1-13-10-14(2)27(24-13)18-6-7-19(29)28(25-18)15(3)21(31)22-8-9-26-12-23-17(11-20(26)30)16-4-5-16/h6-7,10-12,15-16H,4-5,8-9H2,1-3H3,(H,22,31)/t15-/m0/s1. The maximum Gasteiger partial charge on any atom is 0.267 e. The Labute approximate surface area is 178 Å². The summed E-state index contributed by atoms with van der Waals surface area (Å²) in [6.07, 6.45) is 3.69. The fraction of sp³-hybridized carbons (Fsp3) is 0.429. The van der Waals surface area contributed by atoms with Crippen molar-refractivity contribution in [3.8, 4) is 5.82 Å². The number of rotatable bonds is 7. The van der Waals surface area contributed by atoms with Gasteiger partial charge in [-0.2, -0.15) is 5.10 Å². The lowest BCUT2D eigenvalue weighted by Crippen LogP contribution is -2.39. The summed E-state index contributed by atoms with van der Waals surface area (Å²) in [7, 11) is 0.